The third-order valence-electron chi connectivity index (χ3n) is 2.77. The Bertz CT molecular complexity index is 723. The molecule has 6 heteroatoms. The van der Waals surface area contributed by atoms with Crippen LogP contribution in [0.25, 0.3) is 0 Å². The molecule has 0 aliphatic rings. The first-order valence-electron chi connectivity index (χ1n) is 5.73. The first-order chi connectivity index (χ1) is 9.51. The van der Waals surface area contributed by atoms with Crippen molar-refractivity contribution in [2.24, 2.45) is 0 Å². The lowest BCUT2D eigenvalue weighted by molar-refractivity contribution is -0.383. The fourth-order valence-electron chi connectivity index (χ4n) is 1.68. The SMILES string of the molecule is Cc1ccc(Nc2ccc(C#N)cc2[N+](=O)[O-])cc1F. The number of nitro benzene ring substituents is 1. The number of halogens is 1. The van der Waals surface area contributed by atoms with E-state index in [1.165, 1.54) is 24.3 Å². The lowest BCUT2D eigenvalue weighted by Gasteiger charge is -2.08. The van der Waals surface area contributed by atoms with Gasteiger partial charge in [0.05, 0.1) is 16.6 Å². The second kappa shape index (κ2) is 5.36. The maximum atomic E-state index is 13.4. The second-order valence-corrected chi connectivity index (χ2v) is 4.19. The van der Waals surface area contributed by atoms with Crippen LogP contribution in [0, 0.1) is 34.2 Å². The van der Waals surface area contributed by atoms with Gasteiger partial charge < -0.3 is 5.32 Å². The van der Waals surface area contributed by atoms with E-state index >= 15 is 0 Å². The summed E-state index contributed by atoms with van der Waals surface area (Å²) in [6.45, 7) is 1.63. The number of nitro groups is 1. The summed E-state index contributed by atoms with van der Waals surface area (Å²) >= 11 is 0. The van der Waals surface area contributed by atoms with Gasteiger partial charge in [-0.15, -0.1) is 0 Å². The van der Waals surface area contributed by atoms with Crippen LogP contribution in [-0.2, 0) is 0 Å². The molecule has 0 bridgehead atoms. The van der Waals surface area contributed by atoms with Gasteiger partial charge in [-0.2, -0.15) is 5.26 Å². The van der Waals surface area contributed by atoms with Gasteiger partial charge in [0.2, 0.25) is 0 Å². The van der Waals surface area contributed by atoms with Crippen molar-refractivity contribution in [1.82, 2.24) is 0 Å². The van der Waals surface area contributed by atoms with Gasteiger partial charge in [-0.3, -0.25) is 10.1 Å². The van der Waals surface area contributed by atoms with Crippen molar-refractivity contribution in [2.45, 2.75) is 6.92 Å². The molecule has 0 atom stereocenters. The number of rotatable bonds is 3. The van der Waals surface area contributed by atoms with Crippen molar-refractivity contribution >= 4 is 17.1 Å². The van der Waals surface area contributed by atoms with Crippen molar-refractivity contribution in [1.29, 1.82) is 5.26 Å². The molecule has 0 saturated heterocycles. The molecule has 0 aromatic heterocycles. The molecule has 0 heterocycles. The highest BCUT2D eigenvalue weighted by Gasteiger charge is 2.15. The van der Waals surface area contributed by atoms with Gasteiger partial charge in [-0.05, 0) is 36.8 Å². The van der Waals surface area contributed by atoms with Crippen LogP contribution in [0.2, 0.25) is 0 Å². The largest absolute Gasteiger partial charge is 0.350 e. The Morgan fingerprint density at radius 2 is 2.05 bits per heavy atom. The minimum Gasteiger partial charge on any atom is -0.350 e. The molecule has 5 nitrogen and oxygen atoms in total. The number of nitrogens with one attached hydrogen (secondary N) is 1. The fraction of sp³-hybridized carbons (Fsp3) is 0.0714. The molecule has 2 aromatic carbocycles. The maximum absolute atomic E-state index is 13.4. The fourth-order valence-corrected chi connectivity index (χ4v) is 1.68. The molecule has 1 N–H and O–H groups in total. The van der Waals surface area contributed by atoms with Crippen molar-refractivity contribution in [2.75, 3.05) is 5.32 Å². The van der Waals surface area contributed by atoms with E-state index in [0.29, 0.717) is 11.3 Å². The Kier molecular flexibility index (Phi) is 3.62. The van der Waals surface area contributed by atoms with Crippen LogP contribution < -0.4 is 5.32 Å². The van der Waals surface area contributed by atoms with E-state index in [0.717, 1.165) is 0 Å². The minimum absolute atomic E-state index is 0.192. The highest BCUT2D eigenvalue weighted by molar-refractivity contribution is 5.71. The standard InChI is InChI=1S/C14H10FN3O2/c1-9-2-4-11(7-12(9)15)17-13-5-3-10(8-16)6-14(13)18(19)20/h2-7,17H,1H3. The molecule has 2 rings (SSSR count). The quantitative estimate of drug-likeness (QED) is 0.682. The normalized spacial score (nSPS) is 9.85. The first-order valence-corrected chi connectivity index (χ1v) is 5.73. The predicted octanol–water partition coefficient (Wildman–Crippen LogP) is 3.66. The van der Waals surface area contributed by atoms with Crippen LogP contribution in [0.5, 0.6) is 0 Å². The van der Waals surface area contributed by atoms with E-state index in [2.05, 4.69) is 5.32 Å². The third-order valence-corrected chi connectivity index (χ3v) is 2.77. The Balaban J connectivity index is 2.40. The predicted molar refractivity (Wildman–Crippen MR) is 72.2 cm³/mol. The zero-order chi connectivity index (χ0) is 14.7. The number of benzene rings is 2. The zero-order valence-corrected chi connectivity index (χ0v) is 10.6. The zero-order valence-electron chi connectivity index (χ0n) is 10.6. The number of nitriles is 1. The smallest absolute Gasteiger partial charge is 0.293 e. The summed E-state index contributed by atoms with van der Waals surface area (Å²) in [5.41, 5.74) is 1.06. The van der Waals surface area contributed by atoms with Gasteiger partial charge >= 0.3 is 0 Å². The summed E-state index contributed by atoms with van der Waals surface area (Å²) in [4.78, 5) is 10.4. The molecule has 2 aromatic rings. The molecule has 0 aliphatic heterocycles. The molecular formula is C14H10FN3O2. The summed E-state index contributed by atoms with van der Waals surface area (Å²) in [6, 6.07) is 10.4. The molecule has 0 amide bonds. The number of nitrogens with zero attached hydrogens (tertiary/aromatic N) is 2. The average molecular weight is 271 g/mol. The Morgan fingerprint density at radius 1 is 1.30 bits per heavy atom. The van der Waals surface area contributed by atoms with Crippen molar-refractivity contribution < 1.29 is 9.31 Å². The second-order valence-electron chi connectivity index (χ2n) is 4.19. The number of aryl methyl sites for hydroxylation is 1. The summed E-state index contributed by atoms with van der Waals surface area (Å²) in [7, 11) is 0. The van der Waals surface area contributed by atoms with Crippen LogP contribution in [0.15, 0.2) is 36.4 Å². The molecule has 20 heavy (non-hydrogen) atoms. The monoisotopic (exact) mass is 271 g/mol. The molecule has 0 radical (unpaired) electrons. The molecule has 0 fully saturated rings. The van der Waals surface area contributed by atoms with Crippen LogP contribution in [0.1, 0.15) is 11.1 Å². The molecule has 0 unspecified atom stereocenters. The van der Waals surface area contributed by atoms with Crippen molar-refractivity contribution in [3.8, 4) is 6.07 Å². The van der Waals surface area contributed by atoms with Crippen LogP contribution in [0.4, 0.5) is 21.5 Å². The van der Waals surface area contributed by atoms with Gasteiger partial charge in [-0.25, -0.2) is 4.39 Å². The summed E-state index contributed by atoms with van der Waals surface area (Å²) in [6.07, 6.45) is 0. The lowest BCUT2D eigenvalue weighted by atomic mass is 10.1. The van der Waals surface area contributed by atoms with E-state index in [9.17, 15) is 14.5 Å². The highest BCUT2D eigenvalue weighted by atomic mass is 19.1. The van der Waals surface area contributed by atoms with E-state index in [-0.39, 0.29) is 16.9 Å². The number of hydrogen-bond donors (Lipinski definition) is 1. The van der Waals surface area contributed by atoms with E-state index in [4.69, 9.17) is 5.26 Å². The summed E-state index contributed by atoms with van der Waals surface area (Å²) in [5, 5.41) is 22.5. The van der Waals surface area contributed by atoms with E-state index in [1.54, 1.807) is 19.1 Å². The van der Waals surface area contributed by atoms with Gasteiger partial charge in [0.25, 0.3) is 5.69 Å². The van der Waals surface area contributed by atoms with Crippen molar-refractivity contribution in [3.05, 3.63) is 63.5 Å². The Hall–Kier alpha value is -2.94. The van der Waals surface area contributed by atoms with Crippen molar-refractivity contribution in [3.63, 3.8) is 0 Å². The first kappa shape index (κ1) is 13.5. The van der Waals surface area contributed by atoms with E-state index < -0.39 is 10.7 Å². The number of hydrogen-bond acceptors (Lipinski definition) is 4. The highest BCUT2D eigenvalue weighted by Crippen LogP contribution is 2.29. The summed E-state index contributed by atoms with van der Waals surface area (Å²) in [5.74, 6) is -0.397. The average Bonchev–Trinajstić information content (AvgIpc) is 2.43. The minimum atomic E-state index is -0.590. The topological polar surface area (TPSA) is 79.0 Å². The molecule has 0 saturated carbocycles. The van der Waals surface area contributed by atoms with Crippen LogP contribution >= 0.6 is 0 Å². The van der Waals surface area contributed by atoms with Gasteiger partial charge in [0, 0.05) is 11.8 Å². The van der Waals surface area contributed by atoms with Gasteiger partial charge in [0.1, 0.15) is 11.5 Å². The molecule has 0 spiro atoms. The lowest BCUT2D eigenvalue weighted by Crippen LogP contribution is -1.98. The summed E-state index contributed by atoms with van der Waals surface area (Å²) < 4.78 is 13.4. The molecule has 0 aliphatic carbocycles. The third kappa shape index (κ3) is 2.72. The van der Waals surface area contributed by atoms with Gasteiger partial charge in [-0.1, -0.05) is 6.07 Å². The molecule has 100 valence electrons. The van der Waals surface area contributed by atoms with Crippen LogP contribution in [-0.4, -0.2) is 4.92 Å². The van der Waals surface area contributed by atoms with E-state index in [1.807, 2.05) is 6.07 Å². The molecular weight excluding hydrogens is 261 g/mol. The maximum Gasteiger partial charge on any atom is 0.293 e. The number of anilines is 2. The van der Waals surface area contributed by atoms with Gasteiger partial charge in [0.15, 0.2) is 0 Å². The Morgan fingerprint density at radius 3 is 2.65 bits per heavy atom. The van der Waals surface area contributed by atoms with Crippen LogP contribution in [0.3, 0.4) is 0 Å². The Labute approximate surface area is 114 Å².